The number of rotatable bonds is 3. The number of hydrogen-bond donors (Lipinski definition) is 2. The van der Waals surface area contributed by atoms with E-state index in [1.807, 2.05) is 6.07 Å². The standard InChI is InChI=1S/C16H23ClN2O/c1-16(2)8-6-12(7-9-16)19-14-10-11(15(20)18-3)4-5-13(14)17/h4-5,10,12,19H,6-9H2,1-3H3,(H,18,20). The maximum Gasteiger partial charge on any atom is 0.251 e. The van der Waals surface area contributed by atoms with Crippen LogP contribution in [0.2, 0.25) is 5.02 Å². The molecule has 0 unspecified atom stereocenters. The first-order valence-corrected chi connectivity index (χ1v) is 7.57. The lowest BCUT2D eigenvalue weighted by Gasteiger charge is -2.35. The zero-order valence-electron chi connectivity index (χ0n) is 12.4. The van der Waals surface area contributed by atoms with Crippen LogP contribution in [0, 0.1) is 5.41 Å². The van der Waals surface area contributed by atoms with E-state index in [0.29, 0.717) is 22.0 Å². The Labute approximate surface area is 126 Å². The average molecular weight is 295 g/mol. The lowest BCUT2D eigenvalue weighted by Crippen LogP contribution is -2.30. The van der Waals surface area contributed by atoms with Crippen LogP contribution in [0.1, 0.15) is 49.9 Å². The summed E-state index contributed by atoms with van der Waals surface area (Å²) in [7, 11) is 1.63. The predicted molar refractivity (Wildman–Crippen MR) is 84.5 cm³/mol. The fourth-order valence-corrected chi connectivity index (χ4v) is 2.86. The van der Waals surface area contributed by atoms with Crippen LogP contribution in [0.4, 0.5) is 5.69 Å². The summed E-state index contributed by atoms with van der Waals surface area (Å²) in [6.45, 7) is 4.64. The molecule has 0 heterocycles. The first kappa shape index (κ1) is 15.2. The van der Waals surface area contributed by atoms with Gasteiger partial charge in [-0.05, 0) is 49.3 Å². The minimum absolute atomic E-state index is 0.0884. The third-order valence-electron chi connectivity index (χ3n) is 4.15. The minimum atomic E-state index is -0.0884. The van der Waals surface area contributed by atoms with Crippen molar-refractivity contribution >= 4 is 23.2 Å². The van der Waals surface area contributed by atoms with Crippen LogP contribution < -0.4 is 10.6 Å². The largest absolute Gasteiger partial charge is 0.381 e. The van der Waals surface area contributed by atoms with Crippen LogP contribution >= 0.6 is 11.6 Å². The van der Waals surface area contributed by atoms with E-state index >= 15 is 0 Å². The highest BCUT2D eigenvalue weighted by Gasteiger charge is 2.27. The Kier molecular flexibility index (Phi) is 4.59. The Hall–Kier alpha value is -1.22. The van der Waals surface area contributed by atoms with Crippen LogP contribution in [0.3, 0.4) is 0 Å². The van der Waals surface area contributed by atoms with Crippen molar-refractivity contribution in [2.45, 2.75) is 45.6 Å². The van der Waals surface area contributed by atoms with Crippen LogP contribution in [-0.2, 0) is 0 Å². The molecule has 0 aromatic heterocycles. The molecule has 1 amide bonds. The highest BCUT2D eigenvalue weighted by atomic mass is 35.5. The third kappa shape index (κ3) is 3.66. The molecule has 4 heteroatoms. The van der Waals surface area contributed by atoms with E-state index in [1.165, 1.54) is 12.8 Å². The van der Waals surface area contributed by atoms with E-state index < -0.39 is 0 Å². The molecule has 1 aliphatic rings. The Bertz CT molecular complexity index is 489. The molecule has 0 aliphatic heterocycles. The van der Waals surface area contributed by atoms with E-state index in [4.69, 9.17) is 11.6 Å². The van der Waals surface area contributed by atoms with Crippen molar-refractivity contribution in [1.29, 1.82) is 0 Å². The van der Waals surface area contributed by atoms with Crippen LogP contribution in [0.15, 0.2) is 18.2 Å². The van der Waals surface area contributed by atoms with Crippen molar-refractivity contribution < 1.29 is 4.79 Å². The fraction of sp³-hybridized carbons (Fsp3) is 0.562. The molecule has 1 saturated carbocycles. The Morgan fingerprint density at radius 3 is 2.55 bits per heavy atom. The molecule has 1 aliphatic carbocycles. The Morgan fingerprint density at radius 1 is 1.30 bits per heavy atom. The molecular weight excluding hydrogens is 272 g/mol. The van der Waals surface area contributed by atoms with Crippen LogP contribution in [-0.4, -0.2) is 19.0 Å². The number of anilines is 1. The summed E-state index contributed by atoms with van der Waals surface area (Å²) in [5.41, 5.74) is 1.94. The van der Waals surface area contributed by atoms with Gasteiger partial charge >= 0.3 is 0 Å². The fourth-order valence-electron chi connectivity index (χ4n) is 2.68. The zero-order valence-corrected chi connectivity index (χ0v) is 13.2. The topological polar surface area (TPSA) is 41.1 Å². The van der Waals surface area contributed by atoms with E-state index in [2.05, 4.69) is 24.5 Å². The molecule has 0 bridgehead atoms. The molecule has 20 heavy (non-hydrogen) atoms. The number of carbonyl (C=O) groups excluding carboxylic acids is 1. The highest BCUT2D eigenvalue weighted by molar-refractivity contribution is 6.33. The second-order valence-electron chi connectivity index (χ2n) is 6.36. The molecule has 1 aromatic rings. The van der Waals surface area contributed by atoms with Gasteiger partial charge in [-0.25, -0.2) is 0 Å². The Morgan fingerprint density at radius 2 is 1.95 bits per heavy atom. The SMILES string of the molecule is CNC(=O)c1ccc(Cl)c(NC2CCC(C)(C)CC2)c1. The molecule has 1 fully saturated rings. The normalized spacial score (nSPS) is 18.6. The summed E-state index contributed by atoms with van der Waals surface area (Å²) in [6.07, 6.45) is 4.73. The summed E-state index contributed by atoms with van der Waals surface area (Å²) < 4.78 is 0. The van der Waals surface area contributed by atoms with Gasteiger partial charge in [0.1, 0.15) is 0 Å². The van der Waals surface area contributed by atoms with Gasteiger partial charge in [0.05, 0.1) is 10.7 Å². The van der Waals surface area contributed by atoms with E-state index in [0.717, 1.165) is 18.5 Å². The van der Waals surface area contributed by atoms with Gasteiger partial charge in [0.15, 0.2) is 0 Å². The number of amides is 1. The van der Waals surface area contributed by atoms with E-state index in [-0.39, 0.29) is 5.91 Å². The molecule has 0 spiro atoms. The summed E-state index contributed by atoms with van der Waals surface area (Å²) in [5.74, 6) is -0.0884. The van der Waals surface area contributed by atoms with Crippen molar-refractivity contribution in [2.24, 2.45) is 5.41 Å². The van der Waals surface area contributed by atoms with Gasteiger partial charge in [-0.3, -0.25) is 4.79 Å². The van der Waals surface area contributed by atoms with Gasteiger partial charge in [-0.2, -0.15) is 0 Å². The second-order valence-corrected chi connectivity index (χ2v) is 6.76. The second kappa shape index (κ2) is 6.04. The molecule has 0 radical (unpaired) electrons. The first-order valence-electron chi connectivity index (χ1n) is 7.19. The lowest BCUT2D eigenvalue weighted by molar-refractivity contribution is 0.0963. The zero-order chi connectivity index (χ0) is 14.8. The Balaban J connectivity index is 2.07. The van der Waals surface area contributed by atoms with Gasteiger partial charge in [-0.15, -0.1) is 0 Å². The lowest BCUT2D eigenvalue weighted by atomic mass is 9.75. The maximum absolute atomic E-state index is 11.7. The van der Waals surface area contributed by atoms with Crippen LogP contribution in [0.5, 0.6) is 0 Å². The van der Waals surface area contributed by atoms with Crippen molar-refractivity contribution in [3.8, 4) is 0 Å². The highest BCUT2D eigenvalue weighted by Crippen LogP contribution is 2.37. The molecule has 3 nitrogen and oxygen atoms in total. The predicted octanol–water partition coefficient (Wildman–Crippen LogP) is 4.08. The van der Waals surface area contributed by atoms with Crippen molar-refractivity contribution in [2.75, 3.05) is 12.4 Å². The smallest absolute Gasteiger partial charge is 0.251 e. The summed E-state index contributed by atoms with van der Waals surface area (Å²) in [5, 5.41) is 6.80. The van der Waals surface area contributed by atoms with E-state index in [9.17, 15) is 4.79 Å². The third-order valence-corrected chi connectivity index (χ3v) is 4.48. The first-order chi connectivity index (χ1) is 9.41. The van der Waals surface area contributed by atoms with Gasteiger partial charge in [0.25, 0.3) is 5.91 Å². The summed E-state index contributed by atoms with van der Waals surface area (Å²) >= 11 is 6.23. The number of halogens is 1. The number of benzene rings is 1. The molecule has 110 valence electrons. The van der Waals surface area contributed by atoms with Crippen molar-refractivity contribution in [3.05, 3.63) is 28.8 Å². The number of carbonyl (C=O) groups is 1. The van der Waals surface area contributed by atoms with Crippen molar-refractivity contribution in [3.63, 3.8) is 0 Å². The average Bonchev–Trinajstić information content (AvgIpc) is 2.42. The van der Waals surface area contributed by atoms with Gasteiger partial charge in [-0.1, -0.05) is 25.4 Å². The molecule has 2 rings (SSSR count). The molecule has 1 aromatic carbocycles. The molecule has 0 atom stereocenters. The number of hydrogen-bond acceptors (Lipinski definition) is 2. The molecule has 2 N–H and O–H groups in total. The van der Waals surface area contributed by atoms with E-state index in [1.54, 1.807) is 19.2 Å². The molecular formula is C16H23ClN2O. The van der Waals surface area contributed by atoms with Crippen molar-refractivity contribution in [1.82, 2.24) is 5.32 Å². The molecule has 0 saturated heterocycles. The van der Waals surface area contributed by atoms with Crippen LogP contribution in [0.25, 0.3) is 0 Å². The van der Waals surface area contributed by atoms with Gasteiger partial charge < -0.3 is 10.6 Å². The van der Waals surface area contributed by atoms with Gasteiger partial charge in [0, 0.05) is 18.7 Å². The maximum atomic E-state index is 11.7. The summed E-state index contributed by atoms with van der Waals surface area (Å²) in [6, 6.07) is 5.80. The number of nitrogens with one attached hydrogen (secondary N) is 2. The quantitative estimate of drug-likeness (QED) is 0.882. The monoisotopic (exact) mass is 294 g/mol. The summed E-state index contributed by atoms with van der Waals surface area (Å²) in [4.78, 5) is 11.7. The minimum Gasteiger partial charge on any atom is -0.381 e. The van der Waals surface area contributed by atoms with Gasteiger partial charge in [0.2, 0.25) is 0 Å².